The number of fused-ring (bicyclic) bond motifs is 1. The molecule has 1 aromatic rings. The molecule has 1 heterocycles. The fourth-order valence-electron chi connectivity index (χ4n) is 2.06. The lowest BCUT2D eigenvalue weighted by atomic mass is 10.0. The zero-order valence-electron chi connectivity index (χ0n) is 11.1. The van der Waals surface area contributed by atoms with Crippen molar-refractivity contribution in [1.82, 2.24) is 4.90 Å². The number of ketones is 1. The molecule has 0 aliphatic carbocycles. The fourth-order valence-corrected chi connectivity index (χ4v) is 2.23. The van der Waals surface area contributed by atoms with Crippen molar-refractivity contribution in [2.24, 2.45) is 0 Å². The van der Waals surface area contributed by atoms with E-state index >= 15 is 0 Å². The third-order valence-electron chi connectivity index (χ3n) is 2.99. The summed E-state index contributed by atoms with van der Waals surface area (Å²) in [6, 6.07) is 4.97. The maximum atomic E-state index is 12.5. The first-order chi connectivity index (χ1) is 8.90. The molecule has 5 heteroatoms. The van der Waals surface area contributed by atoms with Crippen molar-refractivity contribution >= 4 is 29.0 Å². The van der Waals surface area contributed by atoms with Crippen LogP contribution in [-0.4, -0.2) is 37.7 Å². The lowest BCUT2D eigenvalue weighted by Gasteiger charge is -2.16. The Kier molecular flexibility index (Phi) is 3.62. The van der Waals surface area contributed by atoms with Gasteiger partial charge in [-0.2, -0.15) is 0 Å². The van der Waals surface area contributed by atoms with Crippen LogP contribution >= 0.6 is 11.6 Å². The normalized spacial score (nSPS) is 17.5. The second-order valence-electron chi connectivity index (χ2n) is 4.74. The summed E-state index contributed by atoms with van der Waals surface area (Å²) in [5, 5.41) is 0.506. The Morgan fingerprint density at radius 2 is 2.00 bits per heavy atom. The Bertz CT molecular complexity index is 579. The number of rotatable bonds is 1. The van der Waals surface area contributed by atoms with E-state index in [0.29, 0.717) is 21.8 Å². The zero-order chi connectivity index (χ0) is 14.2. The van der Waals surface area contributed by atoms with E-state index in [-0.39, 0.29) is 18.1 Å². The van der Waals surface area contributed by atoms with Gasteiger partial charge in [0.2, 0.25) is 5.91 Å². The van der Waals surface area contributed by atoms with Crippen LogP contribution in [0.15, 0.2) is 30.0 Å². The van der Waals surface area contributed by atoms with Crippen LogP contribution in [0.25, 0.3) is 0 Å². The van der Waals surface area contributed by atoms with Crippen LogP contribution in [0, 0.1) is 0 Å². The van der Waals surface area contributed by atoms with Crippen molar-refractivity contribution in [1.29, 1.82) is 0 Å². The highest BCUT2D eigenvalue weighted by atomic mass is 35.5. The molecule has 2 rings (SSSR count). The summed E-state index contributed by atoms with van der Waals surface area (Å²) in [6.07, 6.45) is 1.79. The van der Waals surface area contributed by atoms with Gasteiger partial charge in [0.1, 0.15) is 0 Å². The van der Waals surface area contributed by atoms with E-state index < -0.39 is 0 Å². The number of carbonyl (C=O) groups is 2. The molecule has 1 aliphatic rings. The smallest absolute Gasteiger partial charge is 0.231 e. The molecule has 0 fully saturated rings. The monoisotopic (exact) mass is 278 g/mol. The molecule has 0 radical (unpaired) electrons. The summed E-state index contributed by atoms with van der Waals surface area (Å²) in [4.78, 5) is 27.8. The summed E-state index contributed by atoms with van der Waals surface area (Å²) in [5.41, 5.74) is 1.55. The van der Waals surface area contributed by atoms with Crippen molar-refractivity contribution in [3.8, 4) is 0 Å². The van der Waals surface area contributed by atoms with Crippen LogP contribution in [0.3, 0.4) is 0 Å². The van der Waals surface area contributed by atoms with Crippen molar-refractivity contribution in [2.75, 3.05) is 26.0 Å². The molecule has 1 aliphatic heterocycles. The Labute approximate surface area is 117 Å². The molecule has 0 atom stereocenters. The first-order valence-corrected chi connectivity index (χ1v) is 6.26. The second-order valence-corrected chi connectivity index (χ2v) is 5.17. The van der Waals surface area contributed by atoms with Crippen LogP contribution in [0.5, 0.6) is 0 Å². The molecular weight excluding hydrogens is 264 g/mol. The molecule has 100 valence electrons. The summed E-state index contributed by atoms with van der Waals surface area (Å²) >= 11 is 5.94. The van der Waals surface area contributed by atoms with Crippen LogP contribution in [-0.2, 0) is 4.79 Å². The summed E-state index contributed by atoms with van der Waals surface area (Å²) < 4.78 is 0. The van der Waals surface area contributed by atoms with E-state index in [1.165, 1.54) is 4.90 Å². The predicted molar refractivity (Wildman–Crippen MR) is 75.6 cm³/mol. The number of amides is 1. The van der Waals surface area contributed by atoms with Crippen LogP contribution in [0.1, 0.15) is 16.8 Å². The molecule has 0 N–H and O–H groups in total. The lowest BCUT2D eigenvalue weighted by molar-refractivity contribution is -0.117. The largest absolute Gasteiger partial charge is 0.383 e. The van der Waals surface area contributed by atoms with Gasteiger partial charge in [-0.25, -0.2) is 0 Å². The summed E-state index contributed by atoms with van der Waals surface area (Å²) in [5.74, 6) is -0.250. The Morgan fingerprint density at radius 3 is 2.63 bits per heavy atom. The highest BCUT2D eigenvalue weighted by molar-refractivity contribution is 6.31. The highest BCUT2D eigenvalue weighted by Gasteiger charge is 2.28. The van der Waals surface area contributed by atoms with Crippen molar-refractivity contribution < 1.29 is 9.59 Å². The van der Waals surface area contributed by atoms with Crippen molar-refractivity contribution in [3.05, 3.63) is 40.6 Å². The summed E-state index contributed by atoms with van der Waals surface area (Å²) in [6.45, 7) is 0. The average molecular weight is 279 g/mol. The maximum Gasteiger partial charge on any atom is 0.231 e. The third kappa shape index (κ3) is 2.63. The van der Waals surface area contributed by atoms with E-state index in [2.05, 4.69) is 0 Å². The minimum absolute atomic E-state index is 0.0970. The van der Waals surface area contributed by atoms with Gasteiger partial charge in [0.15, 0.2) is 5.78 Å². The molecule has 1 amide bonds. The van der Waals surface area contributed by atoms with Crippen LogP contribution < -0.4 is 4.90 Å². The average Bonchev–Trinajstić information content (AvgIpc) is 2.41. The van der Waals surface area contributed by atoms with E-state index in [1.807, 2.05) is 14.1 Å². The van der Waals surface area contributed by atoms with Crippen LogP contribution in [0.2, 0.25) is 5.02 Å². The maximum absolute atomic E-state index is 12.5. The zero-order valence-corrected chi connectivity index (χ0v) is 11.9. The van der Waals surface area contributed by atoms with Gasteiger partial charge in [0.05, 0.1) is 12.1 Å². The molecule has 0 bridgehead atoms. The number of benzene rings is 1. The standard InChI is InChI=1S/C14H15ClN2O2/c1-16(2)8-9-6-13(18)17(3)12-7-10(15)4-5-11(12)14(9)19/h4-5,7-8H,6H2,1-3H3/b9-8-. The molecule has 19 heavy (non-hydrogen) atoms. The quantitative estimate of drug-likeness (QED) is 0.741. The number of hydrogen-bond acceptors (Lipinski definition) is 3. The molecular formula is C14H15ClN2O2. The third-order valence-corrected chi connectivity index (χ3v) is 3.22. The van der Waals surface area contributed by atoms with Gasteiger partial charge in [-0.1, -0.05) is 11.6 Å². The Morgan fingerprint density at radius 1 is 1.32 bits per heavy atom. The van der Waals surface area contributed by atoms with Gasteiger partial charge in [-0.3, -0.25) is 9.59 Å². The van der Waals surface area contributed by atoms with Crippen molar-refractivity contribution in [2.45, 2.75) is 6.42 Å². The first kappa shape index (κ1) is 13.6. The Balaban J connectivity index is 2.60. The van der Waals surface area contributed by atoms with Gasteiger partial charge in [-0.05, 0) is 18.2 Å². The molecule has 0 saturated heterocycles. The van der Waals surface area contributed by atoms with Gasteiger partial charge in [-0.15, -0.1) is 0 Å². The highest BCUT2D eigenvalue weighted by Crippen LogP contribution is 2.30. The van der Waals surface area contributed by atoms with Gasteiger partial charge >= 0.3 is 0 Å². The van der Waals surface area contributed by atoms with Gasteiger partial charge < -0.3 is 9.80 Å². The number of halogens is 1. The minimum Gasteiger partial charge on any atom is -0.383 e. The fraction of sp³-hybridized carbons (Fsp3) is 0.286. The number of hydrogen-bond donors (Lipinski definition) is 0. The van der Waals surface area contributed by atoms with Gasteiger partial charge in [0.25, 0.3) is 0 Å². The first-order valence-electron chi connectivity index (χ1n) is 5.88. The predicted octanol–water partition coefficient (Wildman–Crippen LogP) is 2.33. The van der Waals surface area contributed by atoms with E-state index in [1.54, 1.807) is 36.3 Å². The number of Topliss-reactive ketones (excluding diaryl/α,β-unsaturated/α-hetero) is 1. The summed E-state index contributed by atoms with van der Waals surface area (Å²) in [7, 11) is 5.30. The minimum atomic E-state index is -0.127. The molecule has 0 spiro atoms. The number of anilines is 1. The van der Waals surface area contributed by atoms with E-state index in [4.69, 9.17) is 11.6 Å². The van der Waals surface area contributed by atoms with Crippen LogP contribution in [0.4, 0.5) is 5.69 Å². The second kappa shape index (κ2) is 5.05. The molecule has 0 unspecified atom stereocenters. The lowest BCUT2D eigenvalue weighted by Crippen LogP contribution is -2.25. The molecule has 4 nitrogen and oxygen atoms in total. The molecule has 0 saturated carbocycles. The topological polar surface area (TPSA) is 40.6 Å². The number of carbonyl (C=O) groups excluding carboxylic acids is 2. The Hall–Kier alpha value is -1.81. The van der Waals surface area contributed by atoms with Gasteiger partial charge in [0, 0.05) is 43.5 Å². The molecule has 1 aromatic carbocycles. The number of nitrogens with zero attached hydrogens (tertiary/aromatic N) is 2. The SMILES string of the molecule is CN(C)/C=C1/CC(=O)N(C)c2cc(Cl)ccc2C1=O. The van der Waals surface area contributed by atoms with E-state index in [0.717, 1.165) is 0 Å². The van der Waals surface area contributed by atoms with E-state index in [9.17, 15) is 9.59 Å². The van der Waals surface area contributed by atoms with Crippen molar-refractivity contribution in [3.63, 3.8) is 0 Å². The molecule has 0 aromatic heterocycles.